The van der Waals surface area contributed by atoms with Gasteiger partial charge < -0.3 is 10.1 Å². The zero-order valence-corrected chi connectivity index (χ0v) is 17.7. The molecule has 0 aliphatic rings. The molecule has 0 heterocycles. The van der Waals surface area contributed by atoms with E-state index >= 15 is 0 Å². The van der Waals surface area contributed by atoms with Crippen LogP contribution in [0.4, 0.5) is 5.69 Å². The number of amides is 1. The van der Waals surface area contributed by atoms with Crippen LogP contribution in [0.5, 0.6) is 5.75 Å². The largest absolute Gasteiger partial charge is 0.496 e. The molecule has 27 heavy (non-hydrogen) atoms. The number of benzene rings is 2. The highest BCUT2D eigenvalue weighted by atomic mass is 35.5. The number of hydrogen-bond donors (Lipinski definition) is 2. The van der Waals surface area contributed by atoms with Crippen LogP contribution in [0.25, 0.3) is 0 Å². The quantitative estimate of drug-likeness (QED) is 0.642. The Hall–Kier alpha value is -1.51. The van der Waals surface area contributed by atoms with Crippen molar-refractivity contribution in [3.8, 4) is 5.75 Å². The van der Waals surface area contributed by atoms with Crippen molar-refractivity contribution in [2.24, 2.45) is 0 Å². The molecule has 0 fully saturated rings. The Morgan fingerprint density at radius 2 is 1.70 bits per heavy atom. The summed E-state index contributed by atoms with van der Waals surface area (Å²) in [6.07, 6.45) is 0. The van der Waals surface area contributed by atoms with Gasteiger partial charge in [0.1, 0.15) is 5.75 Å². The Labute approximate surface area is 172 Å². The van der Waals surface area contributed by atoms with Crippen molar-refractivity contribution in [2.75, 3.05) is 12.4 Å². The van der Waals surface area contributed by atoms with E-state index in [2.05, 4.69) is 10.0 Å². The van der Waals surface area contributed by atoms with Crippen molar-refractivity contribution in [1.82, 2.24) is 4.72 Å². The first-order valence-corrected chi connectivity index (χ1v) is 10.3. The third kappa shape index (κ3) is 5.27. The molecule has 2 aromatic carbocycles. The molecule has 2 N–H and O–H groups in total. The minimum Gasteiger partial charge on any atom is -0.496 e. The lowest BCUT2D eigenvalue weighted by atomic mass is 10.2. The van der Waals surface area contributed by atoms with E-state index in [0.29, 0.717) is 11.3 Å². The van der Waals surface area contributed by atoms with Gasteiger partial charge in [-0.2, -0.15) is 4.72 Å². The summed E-state index contributed by atoms with van der Waals surface area (Å²) in [5, 5.41) is 3.15. The maximum absolute atomic E-state index is 12.5. The normalized spacial score (nSPS) is 12.5. The molecule has 146 valence electrons. The van der Waals surface area contributed by atoms with Gasteiger partial charge in [0.05, 0.1) is 38.8 Å². The predicted molar refractivity (Wildman–Crippen MR) is 108 cm³/mol. The minimum atomic E-state index is -3.92. The molecule has 0 saturated heterocycles. The molecule has 10 heteroatoms. The molecule has 0 unspecified atom stereocenters. The molecule has 0 saturated carbocycles. The summed E-state index contributed by atoms with van der Waals surface area (Å²) >= 11 is 17.8. The van der Waals surface area contributed by atoms with E-state index in [1.807, 2.05) is 0 Å². The molecule has 1 amide bonds. The fourth-order valence-corrected chi connectivity index (χ4v) is 4.11. The van der Waals surface area contributed by atoms with Crippen LogP contribution in [0.3, 0.4) is 0 Å². The number of aryl methyl sites for hydroxylation is 1. The van der Waals surface area contributed by atoms with Crippen LogP contribution in [0.15, 0.2) is 35.2 Å². The van der Waals surface area contributed by atoms with E-state index in [0.717, 1.165) is 0 Å². The van der Waals surface area contributed by atoms with Gasteiger partial charge in [0.25, 0.3) is 0 Å². The summed E-state index contributed by atoms with van der Waals surface area (Å²) < 4.78 is 32.5. The Kier molecular flexibility index (Phi) is 6.99. The standard InChI is InChI=1S/C17H17Cl3N2O4S/c1-9-6-11(4-5-16(9)26-3)27(24,25)22-10(2)17(23)21-15-8-13(19)12(18)7-14(15)20/h4-8,10,22H,1-3H3,(H,21,23)/t10-/m0/s1. The fourth-order valence-electron chi connectivity index (χ4n) is 2.23. The first-order chi connectivity index (χ1) is 12.5. The van der Waals surface area contributed by atoms with Crippen LogP contribution in [0.1, 0.15) is 12.5 Å². The second-order valence-electron chi connectivity index (χ2n) is 5.71. The number of sulfonamides is 1. The maximum atomic E-state index is 12.5. The van der Waals surface area contributed by atoms with Gasteiger partial charge in [0.2, 0.25) is 15.9 Å². The van der Waals surface area contributed by atoms with Gasteiger partial charge in [-0.25, -0.2) is 8.42 Å². The third-order valence-corrected chi connectivity index (χ3v) is 6.24. The lowest BCUT2D eigenvalue weighted by molar-refractivity contribution is -0.117. The van der Waals surface area contributed by atoms with Crippen molar-refractivity contribution in [3.05, 3.63) is 51.0 Å². The van der Waals surface area contributed by atoms with Crippen molar-refractivity contribution in [2.45, 2.75) is 24.8 Å². The Bertz CT molecular complexity index is 980. The molecule has 2 aromatic rings. The smallest absolute Gasteiger partial charge is 0.242 e. The lowest BCUT2D eigenvalue weighted by Gasteiger charge is -2.16. The summed E-state index contributed by atoms with van der Waals surface area (Å²) in [7, 11) is -2.42. The van der Waals surface area contributed by atoms with Gasteiger partial charge >= 0.3 is 0 Å². The Morgan fingerprint density at radius 1 is 1.07 bits per heavy atom. The van der Waals surface area contributed by atoms with Gasteiger partial charge in [-0.15, -0.1) is 0 Å². The summed E-state index contributed by atoms with van der Waals surface area (Å²) in [6.45, 7) is 3.13. The molecular formula is C17H17Cl3N2O4S. The van der Waals surface area contributed by atoms with Gasteiger partial charge in [0.15, 0.2) is 0 Å². The number of anilines is 1. The number of rotatable bonds is 6. The minimum absolute atomic E-state index is 0.0213. The predicted octanol–water partition coefficient (Wildman–Crippen LogP) is 4.27. The van der Waals surface area contributed by atoms with Crippen molar-refractivity contribution >= 4 is 56.4 Å². The average molecular weight is 452 g/mol. The fraction of sp³-hybridized carbons (Fsp3) is 0.235. The lowest BCUT2D eigenvalue weighted by Crippen LogP contribution is -2.41. The van der Waals surface area contributed by atoms with E-state index in [9.17, 15) is 13.2 Å². The molecular weight excluding hydrogens is 435 g/mol. The van der Waals surface area contributed by atoms with Gasteiger partial charge in [-0.05, 0) is 49.7 Å². The monoisotopic (exact) mass is 450 g/mol. The second-order valence-corrected chi connectivity index (χ2v) is 8.65. The van der Waals surface area contributed by atoms with Crippen LogP contribution in [0, 0.1) is 6.92 Å². The van der Waals surface area contributed by atoms with Crippen molar-refractivity contribution < 1.29 is 17.9 Å². The van der Waals surface area contributed by atoms with Crippen LogP contribution < -0.4 is 14.8 Å². The highest BCUT2D eigenvalue weighted by Crippen LogP contribution is 2.32. The molecule has 0 aliphatic carbocycles. The average Bonchev–Trinajstić information content (AvgIpc) is 2.59. The van der Waals surface area contributed by atoms with Crippen molar-refractivity contribution in [1.29, 1.82) is 0 Å². The summed E-state index contributed by atoms with van der Waals surface area (Å²) in [5.74, 6) is -0.0434. The van der Waals surface area contributed by atoms with E-state index in [-0.39, 0.29) is 25.7 Å². The van der Waals surface area contributed by atoms with Gasteiger partial charge in [-0.1, -0.05) is 34.8 Å². The molecule has 0 aliphatic heterocycles. The molecule has 2 rings (SSSR count). The number of carbonyl (C=O) groups is 1. The van der Waals surface area contributed by atoms with Crippen molar-refractivity contribution in [3.63, 3.8) is 0 Å². The second kappa shape index (κ2) is 8.67. The molecule has 0 radical (unpaired) electrons. The molecule has 0 bridgehead atoms. The van der Waals surface area contributed by atoms with Crippen LogP contribution in [-0.4, -0.2) is 27.5 Å². The number of hydrogen-bond acceptors (Lipinski definition) is 4. The van der Waals surface area contributed by atoms with E-state index in [4.69, 9.17) is 39.5 Å². The highest BCUT2D eigenvalue weighted by Gasteiger charge is 2.23. The topological polar surface area (TPSA) is 84.5 Å². The summed E-state index contributed by atoms with van der Waals surface area (Å²) in [6, 6.07) is 6.11. The number of methoxy groups -OCH3 is 1. The van der Waals surface area contributed by atoms with Crippen LogP contribution in [0.2, 0.25) is 15.1 Å². The molecule has 0 aromatic heterocycles. The van der Waals surface area contributed by atoms with E-state index in [1.54, 1.807) is 13.0 Å². The molecule has 6 nitrogen and oxygen atoms in total. The van der Waals surface area contributed by atoms with E-state index < -0.39 is 22.0 Å². The number of ether oxygens (including phenoxy) is 1. The van der Waals surface area contributed by atoms with Crippen LogP contribution >= 0.6 is 34.8 Å². The Morgan fingerprint density at radius 3 is 2.30 bits per heavy atom. The van der Waals surface area contributed by atoms with Gasteiger partial charge in [-0.3, -0.25) is 4.79 Å². The number of nitrogens with one attached hydrogen (secondary N) is 2. The summed E-state index contributed by atoms with van der Waals surface area (Å²) in [5.41, 5.74) is 0.877. The zero-order chi connectivity index (χ0) is 20.4. The first-order valence-electron chi connectivity index (χ1n) is 7.67. The van der Waals surface area contributed by atoms with E-state index in [1.165, 1.54) is 38.3 Å². The maximum Gasteiger partial charge on any atom is 0.242 e. The highest BCUT2D eigenvalue weighted by molar-refractivity contribution is 7.89. The number of carbonyl (C=O) groups excluding carboxylic acids is 1. The zero-order valence-electron chi connectivity index (χ0n) is 14.6. The summed E-state index contributed by atoms with van der Waals surface area (Å²) in [4.78, 5) is 12.4. The molecule has 1 atom stereocenters. The SMILES string of the molecule is COc1ccc(S(=O)(=O)N[C@@H](C)C(=O)Nc2cc(Cl)c(Cl)cc2Cl)cc1C. The Balaban J connectivity index is 2.15. The molecule has 0 spiro atoms. The number of halogens is 3. The third-order valence-electron chi connectivity index (χ3n) is 3.67. The first kappa shape index (κ1) is 21.8. The van der Waals surface area contributed by atoms with Gasteiger partial charge in [0, 0.05) is 0 Å². The van der Waals surface area contributed by atoms with Crippen LogP contribution in [-0.2, 0) is 14.8 Å².